The van der Waals surface area contributed by atoms with Gasteiger partial charge in [-0.15, -0.1) is 0 Å². The molecular formula is C23H17ClN2OS. The number of nitrogens with zero attached hydrogens (tertiary/aromatic N) is 2. The molecule has 0 unspecified atom stereocenters. The number of carbonyl (C=O) groups excluding carboxylic acids is 1. The van der Waals surface area contributed by atoms with Gasteiger partial charge in [-0.1, -0.05) is 53.7 Å². The van der Waals surface area contributed by atoms with Crippen LogP contribution in [0.25, 0.3) is 6.08 Å². The Morgan fingerprint density at radius 2 is 1.50 bits per heavy atom. The Kier molecular flexibility index (Phi) is 5.33. The molecule has 0 saturated heterocycles. The van der Waals surface area contributed by atoms with Gasteiger partial charge in [0, 0.05) is 14.8 Å². The minimum Gasteiger partial charge on any atom is -0.267 e. The highest BCUT2D eigenvalue weighted by Gasteiger charge is 2.28. The van der Waals surface area contributed by atoms with E-state index in [1.807, 2.05) is 91.9 Å². The first-order valence-electron chi connectivity index (χ1n) is 8.80. The first kappa shape index (κ1) is 18.5. The average Bonchev–Trinajstić information content (AvgIpc) is 3.00. The van der Waals surface area contributed by atoms with Crippen molar-refractivity contribution in [2.24, 2.45) is 5.10 Å². The molecule has 0 aromatic heterocycles. The molecule has 1 amide bonds. The third kappa shape index (κ3) is 4.03. The molecule has 3 nitrogen and oxygen atoms in total. The zero-order valence-electron chi connectivity index (χ0n) is 15.2. The van der Waals surface area contributed by atoms with E-state index < -0.39 is 0 Å². The minimum atomic E-state index is -0.108. The van der Waals surface area contributed by atoms with Crippen LogP contribution in [0.4, 0.5) is 5.69 Å². The van der Waals surface area contributed by atoms with Gasteiger partial charge < -0.3 is 0 Å². The maximum Gasteiger partial charge on any atom is 0.280 e. The number of halogens is 1. The average molecular weight is 405 g/mol. The summed E-state index contributed by atoms with van der Waals surface area (Å²) in [5.41, 5.74) is 3.06. The van der Waals surface area contributed by atoms with E-state index in [2.05, 4.69) is 5.10 Å². The van der Waals surface area contributed by atoms with Crippen LogP contribution in [0.1, 0.15) is 12.5 Å². The third-order valence-corrected chi connectivity index (χ3v) is 5.57. The molecule has 4 rings (SSSR count). The molecule has 3 aromatic rings. The van der Waals surface area contributed by atoms with Gasteiger partial charge in [-0.2, -0.15) is 10.1 Å². The summed E-state index contributed by atoms with van der Waals surface area (Å²) in [5.74, 6) is -0.108. The van der Waals surface area contributed by atoms with Gasteiger partial charge in [0.25, 0.3) is 5.91 Å². The standard InChI is InChI=1S/C23H17ClN2OS/c1-16-22(23(27)26(25-16)19-5-3-2-4-6-19)15-17-7-11-20(12-8-17)28-21-13-9-18(24)10-14-21/h2-15H,1H3/b22-15+. The number of amides is 1. The maximum absolute atomic E-state index is 12.8. The van der Waals surface area contributed by atoms with Gasteiger partial charge in [0.2, 0.25) is 0 Å². The van der Waals surface area contributed by atoms with E-state index in [4.69, 9.17) is 11.6 Å². The highest BCUT2D eigenvalue weighted by atomic mass is 35.5. The highest BCUT2D eigenvalue weighted by Crippen LogP contribution is 2.30. The van der Waals surface area contributed by atoms with E-state index in [0.29, 0.717) is 11.3 Å². The van der Waals surface area contributed by atoms with Crippen LogP contribution in [0.2, 0.25) is 5.02 Å². The Hall–Kier alpha value is -2.82. The van der Waals surface area contributed by atoms with Crippen molar-refractivity contribution in [2.75, 3.05) is 5.01 Å². The zero-order chi connectivity index (χ0) is 19.5. The monoisotopic (exact) mass is 404 g/mol. The number of carbonyl (C=O) groups is 1. The highest BCUT2D eigenvalue weighted by molar-refractivity contribution is 7.99. The Morgan fingerprint density at radius 3 is 2.14 bits per heavy atom. The summed E-state index contributed by atoms with van der Waals surface area (Å²) in [4.78, 5) is 15.0. The van der Waals surface area contributed by atoms with Crippen LogP contribution >= 0.6 is 23.4 Å². The van der Waals surface area contributed by atoms with Crippen LogP contribution in [0.3, 0.4) is 0 Å². The minimum absolute atomic E-state index is 0.108. The Balaban J connectivity index is 1.52. The summed E-state index contributed by atoms with van der Waals surface area (Å²) < 4.78 is 0. The lowest BCUT2D eigenvalue weighted by Crippen LogP contribution is -2.21. The molecule has 0 radical (unpaired) electrons. The number of hydrogen-bond donors (Lipinski definition) is 0. The molecule has 138 valence electrons. The van der Waals surface area contributed by atoms with Gasteiger partial charge in [-0.25, -0.2) is 0 Å². The molecule has 0 N–H and O–H groups in total. The lowest BCUT2D eigenvalue weighted by Gasteiger charge is -2.11. The molecule has 0 aliphatic carbocycles. The van der Waals surface area contributed by atoms with Crippen LogP contribution in [0.15, 0.2) is 99.3 Å². The molecule has 1 heterocycles. The molecule has 0 spiro atoms. The van der Waals surface area contributed by atoms with E-state index in [9.17, 15) is 4.79 Å². The second kappa shape index (κ2) is 8.05. The number of benzene rings is 3. The van der Waals surface area contributed by atoms with Crippen molar-refractivity contribution in [3.8, 4) is 0 Å². The van der Waals surface area contributed by atoms with E-state index in [0.717, 1.165) is 26.1 Å². The van der Waals surface area contributed by atoms with Crippen LogP contribution in [-0.4, -0.2) is 11.6 Å². The van der Waals surface area contributed by atoms with Crippen molar-refractivity contribution < 1.29 is 4.79 Å². The molecule has 0 atom stereocenters. The molecule has 3 aromatic carbocycles. The smallest absolute Gasteiger partial charge is 0.267 e. The molecule has 1 aliphatic rings. The molecule has 0 saturated carbocycles. The largest absolute Gasteiger partial charge is 0.280 e. The van der Waals surface area contributed by atoms with Crippen LogP contribution in [0, 0.1) is 0 Å². The van der Waals surface area contributed by atoms with E-state index in [1.54, 1.807) is 11.8 Å². The predicted molar refractivity (Wildman–Crippen MR) is 117 cm³/mol. The van der Waals surface area contributed by atoms with Gasteiger partial charge in [-0.3, -0.25) is 4.79 Å². The third-order valence-electron chi connectivity index (χ3n) is 4.30. The summed E-state index contributed by atoms with van der Waals surface area (Å²) in [6.45, 7) is 1.86. The number of hydrogen-bond acceptors (Lipinski definition) is 3. The first-order chi connectivity index (χ1) is 13.6. The van der Waals surface area contributed by atoms with Crippen molar-refractivity contribution in [3.63, 3.8) is 0 Å². The molecular weight excluding hydrogens is 388 g/mol. The van der Waals surface area contributed by atoms with Crippen molar-refractivity contribution in [1.82, 2.24) is 0 Å². The van der Waals surface area contributed by atoms with Crippen LogP contribution in [-0.2, 0) is 4.79 Å². The van der Waals surface area contributed by atoms with E-state index >= 15 is 0 Å². The fraction of sp³-hybridized carbons (Fsp3) is 0.0435. The van der Waals surface area contributed by atoms with Crippen molar-refractivity contribution >= 4 is 46.7 Å². The summed E-state index contributed by atoms with van der Waals surface area (Å²) in [7, 11) is 0. The normalized spacial score (nSPS) is 15.2. The lowest BCUT2D eigenvalue weighted by atomic mass is 10.1. The Bertz CT molecular complexity index is 1060. The summed E-state index contributed by atoms with van der Waals surface area (Å²) in [6, 6.07) is 25.3. The molecule has 28 heavy (non-hydrogen) atoms. The number of anilines is 1. The Morgan fingerprint density at radius 1 is 0.893 bits per heavy atom. The first-order valence-corrected chi connectivity index (χ1v) is 10.00. The fourth-order valence-corrected chi connectivity index (χ4v) is 3.81. The quantitative estimate of drug-likeness (QED) is 0.478. The SMILES string of the molecule is CC1=NN(c2ccccc2)C(=O)/C1=C/c1ccc(Sc2ccc(Cl)cc2)cc1. The van der Waals surface area contributed by atoms with Crippen molar-refractivity contribution in [3.05, 3.63) is 95.0 Å². The van der Waals surface area contributed by atoms with Crippen LogP contribution < -0.4 is 5.01 Å². The van der Waals surface area contributed by atoms with Crippen LogP contribution in [0.5, 0.6) is 0 Å². The van der Waals surface area contributed by atoms with Gasteiger partial charge in [0.1, 0.15) is 0 Å². The summed E-state index contributed by atoms with van der Waals surface area (Å²) in [6.07, 6.45) is 1.89. The lowest BCUT2D eigenvalue weighted by molar-refractivity contribution is -0.114. The van der Waals surface area contributed by atoms with Gasteiger partial charge >= 0.3 is 0 Å². The fourth-order valence-electron chi connectivity index (χ4n) is 2.87. The van der Waals surface area contributed by atoms with E-state index in [-0.39, 0.29) is 5.91 Å². The predicted octanol–water partition coefficient (Wildman–Crippen LogP) is 6.30. The van der Waals surface area contributed by atoms with Crippen molar-refractivity contribution in [2.45, 2.75) is 16.7 Å². The van der Waals surface area contributed by atoms with Gasteiger partial charge in [-0.05, 0) is 67.1 Å². The topological polar surface area (TPSA) is 32.7 Å². The maximum atomic E-state index is 12.8. The molecule has 0 bridgehead atoms. The summed E-state index contributed by atoms with van der Waals surface area (Å²) in [5, 5.41) is 6.60. The summed E-state index contributed by atoms with van der Waals surface area (Å²) >= 11 is 7.60. The number of hydrazone groups is 1. The van der Waals surface area contributed by atoms with Gasteiger partial charge in [0.15, 0.2) is 0 Å². The Labute approximate surface area is 173 Å². The number of para-hydroxylation sites is 1. The van der Waals surface area contributed by atoms with Crippen molar-refractivity contribution in [1.29, 1.82) is 0 Å². The molecule has 1 aliphatic heterocycles. The molecule has 5 heteroatoms. The van der Waals surface area contributed by atoms with Gasteiger partial charge in [0.05, 0.1) is 17.0 Å². The second-order valence-corrected chi connectivity index (χ2v) is 7.90. The van der Waals surface area contributed by atoms with E-state index in [1.165, 1.54) is 5.01 Å². The molecule has 0 fully saturated rings. The zero-order valence-corrected chi connectivity index (χ0v) is 16.7. The number of rotatable bonds is 4. The second-order valence-electron chi connectivity index (χ2n) is 6.32.